The summed E-state index contributed by atoms with van der Waals surface area (Å²) in [5.41, 5.74) is -0.281. The van der Waals surface area contributed by atoms with Crippen molar-refractivity contribution in [2.24, 2.45) is 5.16 Å². The zero-order valence-electron chi connectivity index (χ0n) is 16.0. The molecule has 148 valence electrons. The quantitative estimate of drug-likeness (QED) is 0.574. The predicted octanol–water partition coefficient (Wildman–Crippen LogP) is 6.44. The average Bonchev–Trinajstić information content (AvgIpc) is 3.09. The molecule has 28 heavy (non-hydrogen) atoms. The van der Waals surface area contributed by atoms with E-state index in [1.54, 1.807) is 38.1 Å². The van der Waals surface area contributed by atoms with Gasteiger partial charge in [0.15, 0.2) is 0 Å². The Morgan fingerprint density at radius 2 is 1.82 bits per heavy atom. The second-order valence-electron chi connectivity index (χ2n) is 6.29. The van der Waals surface area contributed by atoms with Gasteiger partial charge in [-0.1, -0.05) is 42.7 Å². The van der Waals surface area contributed by atoms with Gasteiger partial charge >= 0.3 is 6.18 Å². The van der Waals surface area contributed by atoms with Crippen LogP contribution in [0.1, 0.15) is 48.1 Å². The molecule has 3 nitrogen and oxygen atoms in total. The van der Waals surface area contributed by atoms with E-state index in [1.165, 1.54) is 12.1 Å². The Morgan fingerprint density at radius 3 is 2.36 bits per heavy atom. The Bertz CT molecular complexity index is 927. The Hall–Kier alpha value is -2.52. The van der Waals surface area contributed by atoms with Crippen molar-refractivity contribution in [3.63, 3.8) is 0 Å². The molecule has 1 unspecified atom stereocenters. The van der Waals surface area contributed by atoms with Gasteiger partial charge in [-0.3, -0.25) is 0 Å². The van der Waals surface area contributed by atoms with Crippen LogP contribution in [0.4, 0.5) is 13.2 Å². The fraction of sp³-hybridized carbons (Fsp3) is 0.333. The molecular weight excluding hydrogens is 389 g/mol. The Balaban J connectivity index is 0.00000136. The predicted molar refractivity (Wildman–Crippen MR) is 103 cm³/mol. The van der Waals surface area contributed by atoms with Crippen molar-refractivity contribution in [1.29, 1.82) is 5.26 Å². The van der Waals surface area contributed by atoms with Gasteiger partial charge in [0.1, 0.15) is 0 Å². The van der Waals surface area contributed by atoms with Gasteiger partial charge in [-0.05, 0) is 54.8 Å². The van der Waals surface area contributed by atoms with Gasteiger partial charge in [-0.25, -0.2) is 0 Å². The topological polar surface area (TPSA) is 45.4 Å². The summed E-state index contributed by atoms with van der Waals surface area (Å²) < 4.78 is 41.9. The van der Waals surface area contributed by atoms with E-state index in [4.69, 9.17) is 21.7 Å². The van der Waals surface area contributed by atoms with E-state index in [-0.39, 0.29) is 16.3 Å². The van der Waals surface area contributed by atoms with Gasteiger partial charge in [0.25, 0.3) is 5.60 Å². The van der Waals surface area contributed by atoms with E-state index in [0.29, 0.717) is 22.3 Å². The van der Waals surface area contributed by atoms with Gasteiger partial charge in [-0.15, -0.1) is 0 Å². The minimum atomic E-state index is -4.68. The van der Waals surface area contributed by atoms with Crippen molar-refractivity contribution in [3.8, 4) is 6.07 Å². The zero-order chi connectivity index (χ0) is 21.1. The Labute approximate surface area is 167 Å². The number of nitrogens with zero attached hydrogens (tertiary/aromatic N) is 2. The van der Waals surface area contributed by atoms with Crippen LogP contribution in [-0.4, -0.2) is 11.9 Å². The molecule has 2 aromatic carbocycles. The summed E-state index contributed by atoms with van der Waals surface area (Å²) in [5.74, 6) is 0. The molecule has 0 radical (unpaired) electrons. The van der Waals surface area contributed by atoms with Gasteiger partial charge in [-0.2, -0.15) is 18.4 Å². The number of alkyl halides is 3. The highest BCUT2D eigenvalue weighted by Gasteiger charge is 2.62. The zero-order valence-corrected chi connectivity index (χ0v) is 16.7. The highest BCUT2D eigenvalue weighted by atomic mass is 35.5. The lowest BCUT2D eigenvalue weighted by Crippen LogP contribution is -2.42. The number of benzene rings is 2. The first kappa shape index (κ1) is 21.8. The molecule has 0 aromatic heterocycles. The maximum absolute atomic E-state index is 14.0. The van der Waals surface area contributed by atoms with Crippen LogP contribution in [0, 0.1) is 25.2 Å². The molecule has 0 saturated heterocycles. The normalized spacial score (nSPS) is 18.5. The molecule has 0 fully saturated rings. The van der Waals surface area contributed by atoms with Crippen molar-refractivity contribution in [1.82, 2.24) is 0 Å². The first-order chi connectivity index (χ1) is 13.2. The molecule has 0 amide bonds. The minimum Gasteiger partial charge on any atom is -0.374 e. The number of oxime groups is 1. The van der Waals surface area contributed by atoms with E-state index < -0.39 is 18.2 Å². The number of rotatable bonds is 2. The first-order valence-electron chi connectivity index (χ1n) is 8.77. The lowest BCUT2D eigenvalue weighted by Gasteiger charge is -2.29. The van der Waals surface area contributed by atoms with Crippen molar-refractivity contribution < 1.29 is 18.0 Å². The van der Waals surface area contributed by atoms with Crippen LogP contribution in [0.3, 0.4) is 0 Å². The lowest BCUT2D eigenvalue weighted by atomic mass is 9.85. The summed E-state index contributed by atoms with van der Waals surface area (Å²) in [6.45, 7) is 7.38. The van der Waals surface area contributed by atoms with Gasteiger partial charge in [0, 0.05) is 17.0 Å². The van der Waals surface area contributed by atoms with Crippen LogP contribution in [0.15, 0.2) is 41.6 Å². The maximum Gasteiger partial charge on any atom is 0.435 e. The molecule has 0 N–H and O–H groups in total. The number of hydrogen-bond donors (Lipinski definition) is 0. The molecule has 7 heteroatoms. The molecular formula is C21H20ClF3N2O. The highest BCUT2D eigenvalue weighted by molar-refractivity contribution is 6.30. The van der Waals surface area contributed by atoms with Crippen molar-refractivity contribution in [2.45, 2.75) is 45.9 Å². The number of aryl methyl sites for hydroxylation is 2. The second-order valence-corrected chi connectivity index (χ2v) is 6.73. The summed E-state index contributed by atoms with van der Waals surface area (Å²) >= 11 is 5.96. The highest BCUT2D eigenvalue weighted by Crippen LogP contribution is 2.49. The summed E-state index contributed by atoms with van der Waals surface area (Å²) in [7, 11) is 0. The van der Waals surface area contributed by atoms with Gasteiger partial charge in [0.05, 0.1) is 17.3 Å². The van der Waals surface area contributed by atoms with E-state index in [9.17, 15) is 13.2 Å². The molecule has 0 bridgehead atoms. The minimum absolute atomic E-state index is 0.0842. The van der Waals surface area contributed by atoms with Crippen molar-refractivity contribution in [2.75, 3.05) is 0 Å². The second kappa shape index (κ2) is 8.24. The SMILES string of the molecule is CC.Cc1cc(Cl)cc(C2(C(F)(F)F)CC(c3ccc(C#N)c(C)c3)=NO2)c1. The van der Waals surface area contributed by atoms with E-state index >= 15 is 0 Å². The van der Waals surface area contributed by atoms with E-state index in [2.05, 4.69) is 5.16 Å². The largest absolute Gasteiger partial charge is 0.435 e. The van der Waals surface area contributed by atoms with Crippen LogP contribution in [0.5, 0.6) is 0 Å². The molecule has 1 aliphatic heterocycles. The van der Waals surface area contributed by atoms with Crippen molar-refractivity contribution >= 4 is 17.3 Å². The van der Waals surface area contributed by atoms with Crippen LogP contribution >= 0.6 is 11.6 Å². The maximum atomic E-state index is 14.0. The molecule has 1 heterocycles. The van der Waals surface area contributed by atoms with Crippen molar-refractivity contribution in [3.05, 3.63) is 69.2 Å². The first-order valence-corrected chi connectivity index (χ1v) is 9.14. The van der Waals surface area contributed by atoms with Crippen LogP contribution < -0.4 is 0 Å². The number of hydrogen-bond acceptors (Lipinski definition) is 3. The third kappa shape index (κ3) is 4.00. The fourth-order valence-electron chi connectivity index (χ4n) is 3.00. The van der Waals surface area contributed by atoms with E-state index in [0.717, 1.165) is 0 Å². The molecule has 2 aromatic rings. The smallest absolute Gasteiger partial charge is 0.374 e. The molecule has 0 saturated carbocycles. The third-order valence-electron chi connectivity index (χ3n) is 4.37. The molecule has 0 aliphatic carbocycles. The monoisotopic (exact) mass is 408 g/mol. The summed E-state index contributed by atoms with van der Waals surface area (Å²) in [4.78, 5) is 5.00. The van der Waals surface area contributed by atoms with Gasteiger partial charge in [0.2, 0.25) is 0 Å². The Morgan fingerprint density at radius 1 is 1.14 bits per heavy atom. The molecule has 0 spiro atoms. The number of nitriles is 1. The van der Waals surface area contributed by atoms with E-state index in [1.807, 2.05) is 19.9 Å². The van der Waals surface area contributed by atoms with Crippen LogP contribution in [-0.2, 0) is 10.4 Å². The Kier molecular flexibility index (Phi) is 6.41. The molecule has 1 aliphatic rings. The standard InChI is InChI=1S/C19H14ClF3N2O.C2H6/c1-11-5-15(8-16(20)6-11)18(19(21,22)23)9-17(25-26-18)13-3-4-14(10-24)12(2)7-13;1-2/h3-8H,9H2,1-2H3;1-2H3. The number of halogens is 4. The van der Waals surface area contributed by atoms with Crippen LogP contribution in [0.25, 0.3) is 0 Å². The van der Waals surface area contributed by atoms with Crippen LogP contribution in [0.2, 0.25) is 5.02 Å². The lowest BCUT2D eigenvalue weighted by molar-refractivity contribution is -0.275. The molecule has 3 rings (SSSR count). The summed E-state index contributed by atoms with van der Waals surface area (Å²) in [6.07, 6.45) is -5.15. The average molecular weight is 409 g/mol. The van der Waals surface area contributed by atoms with Gasteiger partial charge < -0.3 is 4.84 Å². The summed E-state index contributed by atoms with van der Waals surface area (Å²) in [5, 5.41) is 12.9. The third-order valence-corrected chi connectivity index (χ3v) is 4.59. The summed E-state index contributed by atoms with van der Waals surface area (Å²) in [6, 6.07) is 11.0. The molecule has 1 atom stereocenters. The fourth-order valence-corrected chi connectivity index (χ4v) is 3.29.